The van der Waals surface area contributed by atoms with Gasteiger partial charge in [-0.15, -0.1) is 0 Å². The summed E-state index contributed by atoms with van der Waals surface area (Å²) < 4.78 is 39.0. The SMILES string of the molecule is CN1C(=O)NC(=O)C12Cc1cc3ccc(CN4CC5(CNC(=O)C(F)(F)F)CC(=O)Nc6cccc4c65)nc3cc1C2. The largest absolute Gasteiger partial charge is 0.471 e. The Labute approximate surface area is 237 Å². The number of imide groups is 1. The fourth-order valence-electron chi connectivity index (χ4n) is 6.99. The van der Waals surface area contributed by atoms with Crippen LogP contribution >= 0.6 is 0 Å². The van der Waals surface area contributed by atoms with Gasteiger partial charge in [-0.2, -0.15) is 13.2 Å². The predicted octanol–water partition coefficient (Wildman–Crippen LogP) is 2.53. The van der Waals surface area contributed by atoms with Gasteiger partial charge in [0.1, 0.15) is 5.54 Å². The molecule has 1 saturated heterocycles. The summed E-state index contributed by atoms with van der Waals surface area (Å²) in [4.78, 5) is 57.4. The van der Waals surface area contributed by atoms with E-state index in [1.165, 1.54) is 4.90 Å². The first-order chi connectivity index (χ1) is 19.9. The van der Waals surface area contributed by atoms with Crippen LogP contribution in [-0.2, 0) is 39.2 Å². The van der Waals surface area contributed by atoms with Crippen LogP contribution in [0.4, 0.5) is 29.3 Å². The second-order valence-corrected chi connectivity index (χ2v) is 11.6. The van der Waals surface area contributed by atoms with Crippen molar-refractivity contribution in [3.05, 3.63) is 64.8 Å². The molecule has 7 rings (SSSR count). The van der Waals surface area contributed by atoms with Gasteiger partial charge in [-0.1, -0.05) is 12.1 Å². The normalized spacial score (nSPS) is 24.2. The van der Waals surface area contributed by atoms with Gasteiger partial charge >= 0.3 is 18.1 Å². The molecule has 1 spiro atoms. The first-order valence-corrected chi connectivity index (χ1v) is 13.4. The predicted molar refractivity (Wildman–Crippen MR) is 145 cm³/mol. The van der Waals surface area contributed by atoms with Crippen molar-refractivity contribution in [2.45, 2.75) is 42.9 Å². The van der Waals surface area contributed by atoms with Crippen LogP contribution in [0.3, 0.4) is 0 Å². The molecule has 2 unspecified atom stereocenters. The number of anilines is 2. The Morgan fingerprint density at radius 1 is 1.05 bits per heavy atom. The van der Waals surface area contributed by atoms with Crippen molar-refractivity contribution < 1.29 is 32.3 Å². The van der Waals surface area contributed by atoms with Crippen molar-refractivity contribution in [3.63, 3.8) is 0 Å². The number of urea groups is 1. The van der Waals surface area contributed by atoms with Crippen molar-refractivity contribution in [1.82, 2.24) is 20.5 Å². The molecule has 1 aromatic heterocycles. The Hall–Kier alpha value is -4.68. The zero-order chi connectivity index (χ0) is 29.6. The summed E-state index contributed by atoms with van der Waals surface area (Å²) in [5.74, 6) is -2.69. The summed E-state index contributed by atoms with van der Waals surface area (Å²) in [5, 5.41) is 8.09. The molecule has 5 amide bonds. The van der Waals surface area contributed by atoms with Gasteiger partial charge in [-0.25, -0.2) is 4.79 Å². The van der Waals surface area contributed by atoms with E-state index in [1.54, 1.807) is 19.2 Å². The molecule has 4 heterocycles. The molecule has 3 aromatic rings. The first-order valence-electron chi connectivity index (χ1n) is 13.4. The number of halogens is 3. The van der Waals surface area contributed by atoms with Gasteiger partial charge in [-0.05, 0) is 41.5 Å². The lowest BCUT2D eigenvalue weighted by Gasteiger charge is -2.35. The molecule has 1 fully saturated rings. The van der Waals surface area contributed by atoms with Crippen molar-refractivity contribution in [2.75, 3.05) is 30.4 Å². The van der Waals surface area contributed by atoms with E-state index in [4.69, 9.17) is 4.98 Å². The molecule has 0 saturated carbocycles. The minimum Gasteiger partial charge on any atom is -0.364 e. The highest BCUT2D eigenvalue weighted by Crippen LogP contribution is 2.49. The molecule has 3 aliphatic heterocycles. The molecule has 4 aliphatic rings. The molecular weight excluding hydrogens is 553 g/mol. The lowest BCUT2D eigenvalue weighted by atomic mass is 9.76. The van der Waals surface area contributed by atoms with Gasteiger partial charge in [0.05, 0.1) is 17.8 Å². The number of carbonyl (C=O) groups excluding carboxylic acids is 4. The number of likely N-dealkylation sites (N-methyl/N-ethyl adjacent to an activating group) is 1. The van der Waals surface area contributed by atoms with E-state index in [1.807, 2.05) is 40.5 Å². The van der Waals surface area contributed by atoms with Crippen molar-refractivity contribution in [2.24, 2.45) is 0 Å². The van der Waals surface area contributed by atoms with E-state index < -0.39 is 29.1 Å². The number of aromatic nitrogens is 1. The molecule has 3 N–H and O–H groups in total. The van der Waals surface area contributed by atoms with Crippen molar-refractivity contribution in [1.29, 1.82) is 0 Å². The molecule has 13 heteroatoms. The monoisotopic (exact) mass is 578 g/mol. The average molecular weight is 579 g/mol. The van der Waals surface area contributed by atoms with Gasteiger partial charge < -0.3 is 20.4 Å². The molecule has 0 radical (unpaired) electrons. The number of hydrogen-bond acceptors (Lipinski definition) is 6. The van der Waals surface area contributed by atoms with Crippen LogP contribution in [0.15, 0.2) is 42.5 Å². The lowest BCUT2D eigenvalue weighted by molar-refractivity contribution is -0.173. The third kappa shape index (κ3) is 3.82. The Bertz CT molecular complexity index is 1740. The Kier molecular flexibility index (Phi) is 5.41. The van der Waals surface area contributed by atoms with Crippen LogP contribution in [0.25, 0.3) is 10.9 Å². The number of carbonyl (C=O) groups is 4. The average Bonchev–Trinajstić information content (AvgIpc) is 3.52. The number of benzene rings is 2. The number of alkyl halides is 3. The fourth-order valence-corrected chi connectivity index (χ4v) is 6.99. The van der Waals surface area contributed by atoms with Gasteiger partial charge in [0, 0.05) is 67.1 Å². The van der Waals surface area contributed by atoms with E-state index in [2.05, 4.69) is 10.6 Å². The smallest absolute Gasteiger partial charge is 0.364 e. The number of nitrogens with one attached hydrogen (secondary N) is 3. The van der Waals surface area contributed by atoms with Crippen molar-refractivity contribution in [3.8, 4) is 0 Å². The number of pyridine rings is 1. The van der Waals surface area contributed by atoms with E-state index in [0.29, 0.717) is 41.8 Å². The molecule has 216 valence electrons. The zero-order valence-corrected chi connectivity index (χ0v) is 22.4. The minimum absolute atomic E-state index is 0.0742. The molecule has 1 aliphatic carbocycles. The Morgan fingerprint density at radius 2 is 1.81 bits per heavy atom. The molecule has 0 bridgehead atoms. The maximum absolute atomic E-state index is 13.0. The van der Waals surface area contributed by atoms with E-state index in [0.717, 1.165) is 22.2 Å². The molecule has 42 heavy (non-hydrogen) atoms. The van der Waals surface area contributed by atoms with Crippen LogP contribution in [0, 0.1) is 0 Å². The summed E-state index contributed by atoms with van der Waals surface area (Å²) in [5.41, 5.74) is 3.33. The van der Waals surface area contributed by atoms with Crippen LogP contribution < -0.4 is 20.9 Å². The quantitative estimate of drug-likeness (QED) is 0.409. The van der Waals surface area contributed by atoms with E-state index in [-0.39, 0.29) is 31.3 Å². The zero-order valence-electron chi connectivity index (χ0n) is 22.4. The van der Waals surface area contributed by atoms with E-state index in [9.17, 15) is 32.3 Å². The van der Waals surface area contributed by atoms with Crippen LogP contribution in [0.1, 0.15) is 28.8 Å². The lowest BCUT2D eigenvalue weighted by Crippen LogP contribution is -2.50. The maximum atomic E-state index is 13.0. The minimum atomic E-state index is -5.03. The first kappa shape index (κ1) is 26.2. The number of hydrogen-bond donors (Lipinski definition) is 3. The number of nitrogens with zero attached hydrogens (tertiary/aromatic N) is 3. The molecule has 10 nitrogen and oxygen atoms in total. The number of fused-ring (bicyclic) bond motifs is 2. The second kappa shape index (κ2) is 8.66. The third-order valence-electron chi connectivity index (χ3n) is 9.00. The van der Waals surface area contributed by atoms with Gasteiger partial charge in [0.25, 0.3) is 5.91 Å². The van der Waals surface area contributed by atoms with Gasteiger partial charge in [-0.3, -0.25) is 24.7 Å². The van der Waals surface area contributed by atoms with Crippen LogP contribution in [0.5, 0.6) is 0 Å². The highest BCUT2D eigenvalue weighted by Gasteiger charge is 2.54. The van der Waals surface area contributed by atoms with E-state index >= 15 is 0 Å². The fraction of sp³-hybridized carbons (Fsp3) is 0.345. The molecule has 2 aromatic carbocycles. The number of amides is 5. The maximum Gasteiger partial charge on any atom is 0.471 e. The second-order valence-electron chi connectivity index (χ2n) is 11.6. The third-order valence-corrected chi connectivity index (χ3v) is 9.00. The highest BCUT2D eigenvalue weighted by molar-refractivity contribution is 6.08. The standard InChI is InChI=1S/C29H25F3N6O4/c1-37-26(42)36-24(40)28(37)9-16-7-15-5-6-18(34-20(15)8-17(16)10-28)12-38-14-27(13-33-25(41)29(30,31)32)11-22(39)35-19-3-2-4-21(38)23(19)27/h2-8H,9-14H2,1H3,(H,33,41)(H,35,39)(H,36,40,42). The summed E-state index contributed by atoms with van der Waals surface area (Å²) in [6.45, 7) is 0.186. The summed E-state index contributed by atoms with van der Waals surface area (Å²) in [6.07, 6.45) is -4.31. The Balaban J connectivity index is 1.19. The summed E-state index contributed by atoms with van der Waals surface area (Å²) >= 11 is 0. The summed E-state index contributed by atoms with van der Waals surface area (Å²) in [6, 6.07) is 12.6. The van der Waals surface area contributed by atoms with Gasteiger partial charge in [0.15, 0.2) is 0 Å². The van der Waals surface area contributed by atoms with Gasteiger partial charge in [0.2, 0.25) is 5.91 Å². The van der Waals surface area contributed by atoms with Crippen LogP contribution in [0.2, 0.25) is 0 Å². The molecule has 2 atom stereocenters. The number of rotatable bonds is 4. The van der Waals surface area contributed by atoms with Crippen molar-refractivity contribution >= 4 is 46.0 Å². The topological polar surface area (TPSA) is 124 Å². The summed E-state index contributed by atoms with van der Waals surface area (Å²) in [7, 11) is 1.62. The molecular formula is C29H25F3N6O4. The van der Waals surface area contributed by atoms with Crippen LogP contribution in [-0.4, -0.2) is 65.5 Å². The highest BCUT2D eigenvalue weighted by atomic mass is 19.4. The Morgan fingerprint density at radius 3 is 2.52 bits per heavy atom.